The third-order valence-electron chi connectivity index (χ3n) is 3.70. The van der Waals surface area contributed by atoms with Crippen LogP contribution in [0.3, 0.4) is 0 Å². The fourth-order valence-corrected chi connectivity index (χ4v) is 2.49. The summed E-state index contributed by atoms with van der Waals surface area (Å²) in [6.45, 7) is 1.48. The van der Waals surface area contributed by atoms with Gasteiger partial charge < -0.3 is 15.0 Å². The molecule has 2 rings (SSSR count). The minimum atomic E-state index is -0.264. The Bertz CT molecular complexity index is 519. The predicted molar refractivity (Wildman–Crippen MR) is 79.7 cm³/mol. The zero-order chi connectivity index (χ0) is 15.9. The van der Waals surface area contributed by atoms with Crippen LogP contribution in [0.1, 0.15) is 18.4 Å². The van der Waals surface area contributed by atoms with Gasteiger partial charge in [0.2, 0.25) is 11.8 Å². The second-order valence-electron chi connectivity index (χ2n) is 5.43. The first-order valence-electron chi connectivity index (χ1n) is 7.39. The van der Waals surface area contributed by atoms with E-state index in [1.54, 1.807) is 24.1 Å². The van der Waals surface area contributed by atoms with Crippen molar-refractivity contribution in [1.29, 1.82) is 0 Å². The number of rotatable bonds is 7. The molecule has 1 aromatic carbocycles. The lowest BCUT2D eigenvalue weighted by Gasteiger charge is -2.17. The van der Waals surface area contributed by atoms with E-state index in [1.165, 1.54) is 12.1 Å². The molecule has 0 bridgehead atoms. The number of likely N-dealkylation sites (tertiary alicyclic amines) is 1. The summed E-state index contributed by atoms with van der Waals surface area (Å²) in [5.74, 6) is -0.320. The van der Waals surface area contributed by atoms with E-state index < -0.39 is 0 Å². The normalized spacial score (nSPS) is 17.8. The molecular weight excluding hydrogens is 287 g/mol. The second-order valence-corrected chi connectivity index (χ2v) is 5.43. The molecule has 6 heteroatoms. The number of nitrogens with one attached hydrogen (secondary N) is 1. The van der Waals surface area contributed by atoms with Crippen molar-refractivity contribution in [3.05, 3.63) is 35.6 Å². The number of hydrogen-bond acceptors (Lipinski definition) is 3. The van der Waals surface area contributed by atoms with Crippen LogP contribution >= 0.6 is 0 Å². The van der Waals surface area contributed by atoms with E-state index in [1.807, 2.05) is 0 Å². The predicted octanol–water partition coefficient (Wildman–Crippen LogP) is 1.12. The van der Waals surface area contributed by atoms with Crippen LogP contribution in [0, 0.1) is 5.82 Å². The topological polar surface area (TPSA) is 58.6 Å². The molecule has 1 aliphatic heterocycles. The van der Waals surface area contributed by atoms with Gasteiger partial charge in [-0.15, -0.1) is 0 Å². The largest absolute Gasteiger partial charge is 0.384 e. The van der Waals surface area contributed by atoms with Crippen LogP contribution < -0.4 is 5.32 Å². The fraction of sp³-hybridized carbons (Fsp3) is 0.500. The van der Waals surface area contributed by atoms with Crippen molar-refractivity contribution in [3.8, 4) is 0 Å². The summed E-state index contributed by atoms with van der Waals surface area (Å²) < 4.78 is 17.7. The van der Waals surface area contributed by atoms with Crippen LogP contribution in [0.2, 0.25) is 0 Å². The molecule has 1 N–H and O–H groups in total. The molecule has 0 unspecified atom stereocenters. The molecular formula is C16H21FN2O3. The first-order chi connectivity index (χ1) is 10.6. The first-order valence-corrected chi connectivity index (χ1v) is 7.39. The minimum Gasteiger partial charge on any atom is -0.384 e. The molecule has 1 heterocycles. The van der Waals surface area contributed by atoms with Crippen molar-refractivity contribution in [1.82, 2.24) is 10.2 Å². The monoisotopic (exact) mass is 308 g/mol. The van der Waals surface area contributed by atoms with Gasteiger partial charge in [0.05, 0.1) is 12.6 Å². The van der Waals surface area contributed by atoms with Gasteiger partial charge in [-0.25, -0.2) is 4.39 Å². The highest BCUT2D eigenvalue weighted by atomic mass is 19.1. The average Bonchev–Trinajstić information content (AvgIpc) is 2.84. The summed E-state index contributed by atoms with van der Waals surface area (Å²) in [7, 11) is 1.55. The lowest BCUT2D eigenvalue weighted by Crippen LogP contribution is -2.37. The molecule has 1 saturated heterocycles. The molecule has 1 atom stereocenters. The van der Waals surface area contributed by atoms with Gasteiger partial charge >= 0.3 is 0 Å². The number of halogens is 1. The molecule has 0 saturated carbocycles. The molecule has 1 aliphatic rings. The molecule has 0 aliphatic carbocycles. The third kappa shape index (κ3) is 4.80. The summed E-state index contributed by atoms with van der Waals surface area (Å²) in [4.78, 5) is 25.3. The number of carbonyl (C=O) groups excluding carboxylic acids is 2. The van der Waals surface area contributed by atoms with E-state index >= 15 is 0 Å². The van der Waals surface area contributed by atoms with E-state index in [4.69, 9.17) is 4.74 Å². The summed E-state index contributed by atoms with van der Waals surface area (Å²) >= 11 is 0. The molecule has 1 fully saturated rings. The smallest absolute Gasteiger partial charge is 0.224 e. The summed E-state index contributed by atoms with van der Waals surface area (Å²) in [5.41, 5.74) is 0.988. The zero-order valence-electron chi connectivity index (χ0n) is 12.7. The van der Waals surface area contributed by atoms with Crippen molar-refractivity contribution < 1.29 is 18.7 Å². The van der Waals surface area contributed by atoms with Crippen molar-refractivity contribution >= 4 is 11.8 Å². The first kappa shape index (κ1) is 16.4. The number of hydrogen-bond donors (Lipinski definition) is 1. The standard InChI is InChI=1S/C16H21FN2O3/c1-22-9-7-15(20)18-14-10-16(21)19(11-14)8-6-12-2-4-13(17)5-3-12/h2-5,14H,6-11H2,1H3,(H,18,20)/t14-/m0/s1. The maximum Gasteiger partial charge on any atom is 0.224 e. The minimum absolute atomic E-state index is 0.0409. The Morgan fingerprint density at radius 2 is 2.14 bits per heavy atom. The molecule has 120 valence electrons. The van der Waals surface area contributed by atoms with Gasteiger partial charge in [-0.3, -0.25) is 9.59 Å². The van der Waals surface area contributed by atoms with Gasteiger partial charge in [0.25, 0.3) is 0 Å². The van der Waals surface area contributed by atoms with Crippen LogP contribution in [0.5, 0.6) is 0 Å². The molecule has 5 nitrogen and oxygen atoms in total. The van der Waals surface area contributed by atoms with Crippen LogP contribution in [0.4, 0.5) is 4.39 Å². The zero-order valence-corrected chi connectivity index (χ0v) is 12.7. The number of carbonyl (C=O) groups is 2. The maximum absolute atomic E-state index is 12.8. The highest BCUT2D eigenvalue weighted by molar-refractivity contribution is 5.82. The molecule has 22 heavy (non-hydrogen) atoms. The Morgan fingerprint density at radius 1 is 1.41 bits per heavy atom. The van der Waals surface area contributed by atoms with Crippen LogP contribution in [-0.4, -0.2) is 49.6 Å². The van der Waals surface area contributed by atoms with Crippen molar-refractivity contribution in [2.75, 3.05) is 26.8 Å². The number of methoxy groups -OCH3 is 1. The van der Waals surface area contributed by atoms with Crippen molar-refractivity contribution in [2.45, 2.75) is 25.3 Å². The number of benzene rings is 1. The van der Waals surface area contributed by atoms with Gasteiger partial charge in [-0.1, -0.05) is 12.1 Å². The van der Waals surface area contributed by atoms with Crippen molar-refractivity contribution in [3.63, 3.8) is 0 Å². The van der Waals surface area contributed by atoms with E-state index in [2.05, 4.69) is 5.32 Å². The van der Waals surface area contributed by atoms with Gasteiger partial charge in [0.1, 0.15) is 5.82 Å². The van der Waals surface area contributed by atoms with E-state index in [-0.39, 0.29) is 23.7 Å². The fourth-order valence-electron chi connectivity index (χ4n) is 2.49. The molecule has 0 spiro atoms. The highest BCUT2D eigenvalue weighted by Gasteiger charge is 2.29. The van der Waals surface area contributed by atoms with Gasteiger partial charge in [-0.2, -0.15) is 0 Å². The lowest BCUT2D eigenvalue weighted by atomic mass is 10.1. The third-order valence-corrected chi connectivity index (χ3v) is 3.70. The summed E-state index contributed by atoms with van der Waals surface area (Å²) in [6.07, 6.45) is 1.31. The quantitative estimate of drug-likeness (QED) is 0.821. The molecule has 1 aromatic rings. The Balaban J connectivity index is 1.77. The van der Waals surface area contributed by atoms with E-state index in [0.717, 1.165) is 5.56 Å². The molecule has 0 aromatic heterocycles. The Hall–Kier alpha value is -1.95. The number of amides is 2. The van der Waals surface area contributed by atoms with Crippen LogP contribution in [-0.2, 0) is 20.7 Å². The van der Waals surface area contributed by atoms with Gasteiger partial charge in [-0.05, 0) is 24.1 Å². The van der Waals surface area contributed by atoms with Crippen molar-refractivity contribution in [2.24, 2.45) is 0 Å². The molecule has 2 amide bonds. The Labute approximate surface area is 129 Å². The number of ether oxygens (including phenoxy) is 1. The summed E-state index contributed by atoms with van der Waals surface area (Å²) in [6, 6.07) is 6.14. The SMILES string of the molecule is COCCC(=O)N[C@H]1CC(=O)N(CCc2ccc(F)cc2)C1. The second kappa shape index (κ2) is 7.89. The highest BCUT2D eigenvalue weighted by Crippen LogP contribution is 2.13. The lowest BCUT2D eigenvalue weighted by molar-refractivity contribution is -0.127. The van der Waals surface area contributed by atoms with Crippen LogP contribution in [0.15, 0.2) is 24.3 Å². The van der Waals surface area contributed by atoms with Crippen LogP contribution in [0.25, 0.3) is 0 Å². The summed E-state index contributed by atoms with van der Waals surface area (Å²) in [5, 5.41) is 2.85. The van der Waals surface area contributed by atoms with Gasteiger partial charge in [0.15, 0.2) is 0 Å². The molecule has 0 radical (unpaired) electrons. The Morgan fingerprint density at radius 3 is 2.82 bits per heavy atom. The van der Waals surface area contributed by atoms with E-state index in [0.29, 0.717) is 39.0 Å². The van der Waals surface area contributed by atoms with Gasteiger partial charge in [0, 0.05) is 33.0 Å². The van der Waals surface area contributed by atoms with E-state index in [9.17, 15) is 14.0 Å². The Kier molecular flexibility index (Phi) is 5.89. The number of nitrogens with zero attached hydrogens (tertiary/aromatic N) is 1. The maximum atomic E-state index is 12.8. The average molecular weight is 308 g/mol.